The number of thiophene rings is 1. The molecule has 1 aliphatic rings. The van der Waals surface area contributed by atoms with Crippen LogP contribution in [0.15, 0.2) is 36.4 Å². The molecule has 1 N–H and O–H groups in total. The van der Waals surface area contributed by atoms with Gasteiger partial charge in [0.1, 0.15) is 11.7 Å². The number of nitrogens with zero attached hydrogens (tertiary/aromatic N) is 2. The molecule has 2 heterocycles. The zero-order valence-electron chi connectivity index (χ0n) is 24.5. The minimum absolute atomic E-state index is 0.0497. The molecule has 1 saturated heterocycles. The molecule has 1 atom stereocenters. The Morgan fingerprint density at radius 1 is 1.12 bits per heavy atom. The first-order valence-corrected chi connectivity index (χ1v) is 17.3. The lowest BCUT2D eigenvalue weighted by Gasteiger charge is -2.37. The fourth-order valence-electron chi connectivity index (χ4n) is 3.63. The molecule has 220 valence electrons. The first-order valence-electron chi connectivity index (χ1n) is 13.2. The molecule has 0 aliphatic carbocycles. The van der Waals surface area contributed by atoms with Crippen molar-refractivity contribution in [1.29, 1.82) is 0 Å². The molecule has 9 nitrogen and oxygen atoms in total. The number of ether oxygens (including phenoxy) is 2. The Kier molecular flexibility index (Phi) is 9.98. The smallest absolute Gasteiger partial charge is 0.414 e. The van der Waals surface area contributed by atoms with Crippen molar-refractivity contribution < 1.29 is 28.3 Å². The lowest BCUT2D eigenvalue weighted by molar-refractivity contribution is 0.0574. The maximum Gasteiger partial charge on any atom is 0.414 e. The lowest BCUT2D eigenvalue weighted by Crippen LogP contribution is -2.44. The number of cyclic esters (lactones) is 1. The van der Waals surface area contributed by atoms with E-state index in [2.05, 4.69) is 39.2 Å². The minimum atomic E-state index is -2.00. The van der Waals surface area contributed by atoms with Crippen LogP contribution in [0, 0.1) is 0 Å². The number of halogens is 1. The molecule has 3 amide bonds. The molecule has 0 saturated carbocycles. The Morgan fingerprint density at radius 3 is 2.33 bits per heavy atom. The molecule has 1 aliphatic heterocycles. The van der Waals surface area contributed by atoms with Gasteiger partial charge in [-0.3, -0.25) is 14.6 Å². The van der Waals surface area contributed by atoms with Crippen LogP contribution in [0.2, 0.25) is 22.5 Å². The van der Waals surface area contributed by atoms with Crippen LogP contribution < -0.4 is 15.1 Å². The van der Waals surface area contributed by atoms with Gasteiger partial charge in [-0.25, -0.2) is 9.59 Å². The second-order valence-corrected chi connectivity index (χ2v) is 18.7. The van der Waals surface area contributed by atoms with E-state index in [9.17, 15) is 14.4 Å². The van der Waals surface area contributed by atoms with E-state index >= 15 is 0 Å². The summed E-state index contributed by atoms with van der Waals surface area (Å²) in [6.45, 7) is 17.5. The van der Waals surface area contributed by atoms with E-state index in [0.717, 1.165) is 0 Å². The molecule has 3 rings (SSSR count). The molecule has 40 heavy (non-hydrogen) atoms. The highest BCUT2D eigenvalue weighted by molar-refractivity contribution is 7.18. The molecule has 0 radical (unpaired) electrons. The molecular formula is C28H40ClN3O6SSi. The van der Waals surface area contributed by atoms with Crippen LogP contribution in [0.3, 0.4) is 0 Å². The van der Waals surface area contributed by atoms with Crippen molar-refractivity contribution in [1.82, 2.24) is 5.32 Å². The summed E-state index contributed by atoms with van der Waals surface area (Å²) in [5.74, 6) is -0.268. The quantitative estimate of drug-likeness (QED) is 0.310. The van der Waals surface area contributed by atoms with Crippen molar-refractivity contribution >= 4 is 60.7 Å². The third-order valence-electron chi connectivity index (χ3n) is 6.83. The monoisotopic (exact) mass is 609 g/mol. The van der Waals surface area contributed by atoms with Crippen molar-refractivity contribution in [2.45, 2.75) is 71.4 Å². The summed E-state index contributed by atoms with van der Waals surface area (Å²) < 4.78 is 18.0. The lowest BCUT2D eigenvalue weighted by atomic mass is 10.2. The van der Waals surface area contributed by atoms with E-state index < -0.39 is 32.2 Å². The average Bonchev–Trinajstić information content (AvgIpc) is 3.44. The highest BCUT2D eigenvalue weighted by Crippen LogP contribution is 2.36. The van der Waals surface area contributed by atoms with Gasteiger partial charge >= 0.3 is 12.2 Å². The van der Waals surface area contributed by atoms with Crippen molar-refractivity contribution in [3.8, 4) is 0 Å². The topological polar surface area (TPSA) is 97.4 Å². The number of hydrogen-bond acceptors (Lipinski definition) is 7. The maximum absolute atomic E-state index is 13.1. The van der Waals surface area contributed by atoms with Crippen LogP contribution in [0.1, 0.15) is 51.2 Å². The predicted octanol–water partition coefficient (Wildman–Crippen LogP) is 6.92. The van der Waals surface area contributed by atoms with Gasteiger partial charge in [-0.15, -0.1) is 11.3 Å². The van der Waals surface area contributed by atoms with Gasteiger partial charge in [0.25, 0.3) is 5.91 Å². The summed E-state index contributed by atoms with van der Waals surface area (Å²) in [6.07, 6.45) is -1.47. The summed E-state index contributed by atoms with van der Waals surface area (Å²) in [7, 11) is -2.00. The van der Waals surface area contributed by atoms with Gasteiger partial charge in [0.2, 0.25) is 0 Å². The number of carbonyl (C=O) groups is 3. The van der Waals surface area contributed by atoms with Gasteiger partial charge in [0, 0.05) is 11.4 Å². The number of amides is 3. The van der Waals surface area contributed by atoms with Gasteiger partial charge in [-0.2, -0.15) is 0 Å². The first kappa shape index (κ1) is 31.9. The third-order valence-corrected chi connectivity index (χ3v) is 12.6. The van der Waals surface area contributed by atoms with Crippen LogP contribution in [-0.2, 0) is 13.9 Å². The van der Waals surface area contributed by atoms with Crippen molar-refractivity contribution in [2.24, 2.45) is 0 Å². The van der Waals surface area contributed by atoms with Crippen LogP contribution in [0.25, 0.3) is 0 Å². The number of carbonyl (C=O) groups excluding carboxylic acids is 3. The molecule has 0 spiro atoms. The first-order chi connectivity index (χ1) is 18.5. The second kappa shape index (κ2) is 12.5. The van der Waals surface area contributed by atoms with Crippen molar-refractivity contribution in [2.75, 3.05) is 36.0 Å². The number of nitrogens with one attached hydrogen (secondary N) is 1. The number of benzene rings is 1. The molecule has 0 unspecified atom stereocenters. The van der Waals surface area contributed by atoms with Crippen LogP contribution in [0.5, 0.6) is 0 Å². The minimum Gasteiger partial charge on any atom is -0.443 e. The van der Waals surface area contributed by atoms with Gasteiger partial charge in [0.05, 0.1) is 35.5 Å². The summed E-state index contributed by atoms with van der Waals surface area (Å²) in [6, 6.07) is 10.4. The van der Waals surface area contributed by atoms with Crippen LogP contribution in [0.4, 0.5) is 21.0 Å². The molecule has 0 bridgehead atoms. The molecule has 1 aromatic heterocycles. The predicted molar refractivity (Wildman–Crippen MR) is 162 cm³/mol. The SMILES string of the molecule is CC(C)(C)OC(=O)N(CCO[Si](C)(C)C(C)(C)C)c1ccc(N2C[C@H](CNC(=O)c3ccc(Cl)s3)OC2=O)cc1. The molecular weight excluding hydrogens is 570 g/mol. The van der Waals surface area contributed by atoms with Gasteiger partial charge < -0.3 is 19.2 Å². The van der Waals surface area contributed by atoms with Crippen molar-refractivity contribution in [3.63, 3.8) is 0 Å². The Balaban J connectivity index is 1.66. The summed E-state index contributed by atoms with van der Waals surface area (Å²) in [5.41, 5.74) is 0.590. The number of rotatable bonds is 9. The van der Waals surface area contributed by atoms with E-state index in [0.29, 0.717) is 33.7 Å². The van der Waals surface area contributed by atoms with Gasteiger partial charge in [-0.1, -0.05) is 32.4 Å². The van der Waals surface area contributed by atoms with Crippen LogP contribution >= 0.6 is 22.9 Å². The van der Waals surface area contributed by atoms with E-state index in [4.69, 9.17) is 25.5 Å². The van der Waals surface area contributed by atoms with E-state index in [1.165, 1.54) is 16.2 Å². The van der Waals surface area contributed by atoms with Crippen LogP contribution in [-0.4, -0.2) is 64.4 Å². The Labute approximate surface area is 246 Å². The normalized spacial score (nSPS) is 16.1. The molecule has 2 aromatic rings. The largest absolute Gasteiger partial charge is 0.443 e. The number of anilines is 2. The maximum atomic E-state index is 13.1. The Hall–Kier alpha value is -2.60. The summed E-state index contributed by atoms with van der Waals surface area (Å²) >= 11 is 7.09. The molecule has 12 heteroatoms. The van der Waals surface area contributed by atoms with E-state index in [1.54, 1.807) is 41.3 Å². The highest BCUT2D eigenvalue weighted by atomic mass is 35.5. The van der Waals surface area contributed by atoms with Crippen molar-refractivity contribution in [3.05, 3.63) is 45.6 Å². The molecule has 1 aromatic carbocycles. The van der Waals surface area contributed by atoms with E-state index in [1.807, 2.05) is 20.8 Å². The third kappa shape index (κ3) is 8.45. The van der Waals surface area contributed by atoms with Gasteiger partial charge in [-0.05, 0) is 75.3 Å². The summed E-state index contributed by atoms with van der Waals surface area (Å²) in [5, 5.41) is 2.83. The summed E-state index contributed by atoms with van der Waals surface area (Å²) in [4.78, 5) is 41.5. The molecule has 1 fully saturated rings. The fraction of sp³-hybridized carbons (Fsp3) is 0.536. The fourth-order valence-corrected chi connectivity index (χ4v) is 5.63. The standard InChI is InChI=1S/C28H40ClN3O6SSi/c1-27(2,3)38-26(35)31(15-16-36-40(7,8)28(4,5)6)19-9-11-20(12-10-19)32-18-21(37-25(32)34)17-30-24(33)22-13-14-23(29)39-22/h9-14,21H,15-18H2,1-8H3,(H,30,33)/t21-/m0/s1. The zero-order valence-corrected chi connectivity index (χ0v) is 27.1. The Morgan fingerprint density at radius 2 is 1.77 bits per heavy atom. The average molecular weight is 610 g/mol. The highest BCUT2D eigenvalue weighted by Gasteiger charge is 2.37. The van der Waals surface area contributed by atoms with Gasteiger partial charge in [0.15, 0.2) is 8.32 Å². The zero-order chi connectivity index (χ0) is 29.9. The number of hydrogen-bond donors (Lipinski definition) is 1. The second-order valence-electron chi connectivity index (χ2n) is 12.2. The Bertz CT molecular complexity index is 1210. The van der Waals surface area contributed by atoms with E-state index in [-0.39, 0.29) is 24.0 Å².